The lowest BCUT2D eigenvalue weighted by molar-refractivity contribution is -0.889. The normalized spacial score (nSPS) is 13.3. The van der Waals surface area contributed by atoms with Crippen molar-refractivity contribution in [2.45, 2.75) is 225 Å². The number of carboxylic acid groups (broad SMARTS) is 1. The average molecular weight is 844 g/mol. The summed E-state index contributed by atoms with van der Waals surface area (Å²) in [6.45, 7) is 4.54. The van der Waals surface area contributed by atoms with Crippen LogP contribution in [0, 0.1) is 0 Å². The average Bonchev–Trinajstić information content (AvgIpc) is 3.21. The SMILES string of the molecule is CC/C=C/C/C=C/C/C=C/CCCCCCCCCCCCCCCC(=O)OC(COCCC(C(=O)[O-])[N+](C)(C)C)COC(=O)CCCCC/C=C/CCCCCCCC. The molecule has 60 heavy (non-hydrogen) atoms. The summed E-state index contributed by atoms with van der Waals surface area (Å²) in [5, 5.41) is 11.6. The Kier molecular flexibility index (Phi) is 41.0. The van der Waals surface area contributed by atoms with E-state index in [0.717, 1.165) is 70.6 Å². The number of carbonyl (C=O) groups is 3. The van der Waals surface area contributed by atoms with E-state index >= 15 is 0 Å². The molecule has 0 aliphatic carbocycles. The third-order valence-electron chi connectivity index (χ3n) is 10.9. The van der Waals surface area contributed by atoms with Gasteiger partial charge in [0.1, 0.15) is 12.6 Å². The van der Waals surface area contributed by atoms with Crippen LogP contribution in [0.25, 0.3) is 0 Å². The summed E-state index contributed by atoms with van der Waals surface area (Å²) in [6, 6.07) is -0.728. The molecule has 0 aliphatic heterocycles. The number of esters is 2. The molecule has 0 aliphatic rings. The number of likely N-dealkylation sites (N-methyl/N-ethyl adjacent to an activating group) is 1. The van der Waals surface area contributed by atoms with E-state index in [2.05, 4.69) is 62.5 Å². The number of quaternary nitrogens is 1. The monoisotopic (exact) mass is 844 g/mol. The Hall–Kier alpha value is -2.71. The van der Waals surface area contributed by atoms with Crippen LogP contribution in [0.2, 0.25) is 0 Å². The van der Waals surface area contributed by atoms with Gasteiger partial charge in [-0.1, -0.05) is 172 Å². The maximum atomic E-state index is 12.8. The molecule has 0 aromatic heterocycles. The van der Waals surface area contributed by atoms with Gasteiger partial charge in [0, 0.05) is 19.3 Å². The molecule has 348 valence electrons. The number of unbranched alkanes of at least 4 members (excludes halogenated alkanes) is 22. The largest absolute Gasteiger partial charge is 0.544 e. The van der Waals surface area contributed by atoms with E-state index in [1.165, 1.54) is 109 Å². The first-order valence-corrected chi connectivity index (χ1v) is 24.7. The fraction of sp³-hybridized carbons (Fsp3) is 0.788. The van der Waals surface area contributed by atoms with Crippen LogP contribution in [0.4, 0.5) is 0 Å². The van der Waals surface area contributed by atoms with Crippen molar-refractivity contribution in [3.8, 4) is 0 Å². The first-order valence-electron chi connectivity index (χ1n) is 24.7. The Balaban J connectivity index is 4.22. The second-order valence-electron chi connectivity index (χ2n) is 17.7. The molecule has 2 unspecified atom stereocenters. The summed E-state index contributed by atoms with van der Waals surface area (Å²) in [6.07, 6.45) is 51.4. The van der Waals surface area contributed by atoms with Crippen LogP contribution in [0.15, 0.2) is 48.6 Å². The van der Waals surface area contributed by atoms with Crippen molar-refractivity contribution in [1.82, 2.24) is 0 Å². The van der Waals surface area contributed by atoms with Crippen LogP contribution in [0.3, 0.4) is 0 Å². The maximum absolute atomic E-state index is 12.8. The standard InChI is InChI=1S/C52H93NO7/c1-6-8-10-12-14-16-18-20-21-22-23-24-25-26-27-28-29-31-33-35-37-39-41-43-51(55)60-48(46-58-45-44-49(52(56)57)53(3,4)5)47-59-50(54)42-40-38-36-34-32-30-19-17-15-13-11-9-7-2/h8,10,14,16,20-21,30,32,48-49H,6-7,9,11-13,15,17-19,22-29,31,33-47H2,1-5H3/b10-8+,16-14+,21-20+,32-30+. The summed E-state index contributed by atoms with van der Waals surface area (Å²) in [7, 11) is 5.41. The molecule has 0 N–H and O–H groups in total. The molecule has 0 aromatic carbocycles. The van der Waals surface area contributed by atoms with Crippen molar-refractivity contribution in [2.24, 2.45) is 0 Å². The zero-order valence-corrected chi connectivity index (χ0v) is 39.6. The van der Waals surface area contributed by atoms with Crippen molar-refractivity contribution >= 4 is 17.9 Å². The zero-order valence-electron chi connectivity index (χ0n) is 39.6. The number of aliphatic carboxylic acids is 1. The molecule has 0 amide bonds. The highest BCUT2D eigenvalue weighted by atomic mass is 16.6. The number of carbonyl (C=O) groups excluding carboxylic acids is 3. The third-order valence-corrected chi connectivity index (χ3v) is 10.9. The molecule has 0 saturated heterocycles. The summed E-state index contributed by atoms with van der Waals surface area (Å²) >= 11 is 0. The van der Waals surface area contributed by atoms with Crippen LogP contribution < -0.4 is 5.11 Å². The number of nitrogens with zero attached hydrogens (tertiary/aromatic N) is 1. The van der Waals surface area contributed by atoms with Gasteiger partial charge in [0.25, 0.3) is 0 Å². The highest BCUT2D eigenvalue weighted by molar-refractivity contribution is 5.70. The Labute approximate surface area is 369 Å². The Morgan fingerprint density at radius 2 is 0.933 bits per heavy atom. The van der Waals surface area contributed by atoms with Crippen molar-refractivity contribution in [1.29, 1.82) is 0 Å². The van der Waals surface area contributed by atoms with Gasteiger partial charge in [0.15, 0.2) is 6.10 Å². The molecular weight excluding hydrogens is 751 g/mol. The van der Waals surface area contributed by atoms with Crippen LogP contribution in [-0.4, -0.2) is 75.5 Å². The van der Waals surface area contributed by atoms with Crippen LogP contribution >= 0.6 is 0 Å². The second-order valence-corrected chi connectivity index (χ2v) is 17.7. The molecule has 0 fully saturated rings. The third kappa shape index (κ3) is 40.7. The summed E-state index contributed by atoms with van der Waals surface area (Å²) in [5.74, 6) is -1.75. The van der Waals surface area contributed by atoms with Crippen LogP contribution in [0.5, 0.6) is 0 Å². The summed E-state index contributed by atoms with van der Waals surface area (Å²) in [5.41, 5.74) is 0. The molecule has 0 heterocycles. The number of ether oxygens (including phenoxy) is 3. The van der Waals surface area contributed by atoms with Gasteiger partial charge < -0.3 is 28.6 Å². The van der Waals surface area contributed by atoms with Crippen molar-refractivity contribution < 1.29 is 38.2 Å². The topological polar surface area (TPSA) is 102 Å². The summed E-state index contributed by atoms with van der Waals surface area (Å²) < 4.78 is 17.2. The van der Waals surface area contributed by atoms with E-state index in [-0.39, 0.29) is 42.7 Å². The van der Waals surface area contributed by atoms with E-state index < -0.39 is 18.1 Å². The minimum Gasteiger partial charge on any atom is -0.544 e. The molecule has 8 heteroatoms. The van der Waals surface area contributed by atoms with Gasteiger partial charge in [-0.25, -0.2) is 0 Å². The van der Waals surface area contributed by atoms with E-state index in [1.54, 1.807) is 21.1 Å². The van der Waals surface area contributed by atoms with Gasteiger partial charge in [-0.05, 0) is 70.6 Å². The number of allylic oxidation sites excluding steroid dienone is 8. The van der Waals surface area contributed by atoms with Crippen LogP contribution in [0.1, 0.15) is 213 Å². The van der Waals surface area contributed by atoms with Gasteiger partial charge in [0.05, 0.1) is 40.3 Å². The Morgan fingerprint density at radius 1 is 0.517 bits per heavy atom. The predicted octanol–water partition coefficient (Wildman–Crippen LogP) is 12.6. The van der Waals surface area contributed by atoms with Gasteiger partial charge in [0.2, 0.25) is 0 Å². The lowest BCUT2D eigenvalue weighted by Crippen LogP contribution is -2.55. The number of hydrogen-bond donors (Lipinski definition) is 0. The minimum atomic E-state index is -1.13. The Morgan fingerprint density at radius 3 is 1.42 bits per heavy atom. The lowest BCUT2D eigenvalue weighted by atomic mass is 10.0. The first kappa shape index (κ1) is 57.3. The number of carboxylic acids is 1. The molecule has 8 nitrogen and oxygen atoms in total. The number of hydrogen-bond acceptors (Lipinski definition) is 7. The fourth-order valence-electron chi connectivity index (χ4n) is 7.14. The zero-order chi connectivity index (χ0) is 44.2. The summed E-state index contributed by atoms with van der Waals surface area (Å²) in [4.78, 5) is 36.9. The second kappa shape index (κ2) is 43.0. The molecule has 0 aromatic rings. The van der Waals surface area contributed by atoms with Crippen molar-refractivity contribution in [2.75, 3.05) is 41.0 Å². The van der Waals surface area contributed by atoms with Crippen molar-refractivity contribution in [3.05, 3.63) is 48.6 Å². The van der Waals surface area contributed by atoms with Gasteiger partial charge >= 0.3 is 11.9 Å². The maximum Gasteiger partial charge on any atom is 0.306 e. The van der Waals surface area contributed by atoms with E-state index in [4.69, 9.17) is 14.2 Å². The molecular formula is C52H93NO7. The van der Waals surface area contributed by atoms with Crippen molar-refractivity contribution in [3.63, 3.8) is 0 Å². The smallest absolute Gasteiger partial charge is 0.306 e. The molecule has 0 rings (SSSR count). The number of rotatable bonds is 44. The van der Waals surface area contributed by atoms with Crippen LogP contribution in [-0.2, 0) is 28.6 Å². The quantitative estimate of drug-likeness (QED) is 0.0260. The fourth-order valence-corrected chi connectivity index (χ4v) is 7.14. The van der Waals surface area contributed by atoms with E-state index in [0.29, 0.717) is 12.8 Å². The predicted molar refractivity (Wildman–Crippen MR) is 250 cm³/mol. The molecule has 0 saturated carbocycles. The van der Waals surface area contributed by atoms with E-state index in [9.17, 15) is 19.5 Å². The molecule has 0 radical (unpaired) electrons. The van der Waals surface area contributed by atoms with Gasteiger partial charge in [-0.3, -0.25) is 9.59 Å². The molecule has 2 atom stereocenters. The highest BCUT2D eigenvalue weighted by Gasteiger charge is 2.25. The highest BCUT2D eigenvalue weighted by Crippen LogP contribution is 2.15. The van der Waals surface area contributed by atoms with Gasteiger partial charge in [-0.2, -0.15) is 0 Å². The molecule has 0 spiro atoms. The molecule has 0 bridgehead atoms. The Bertz CT molecular complexity index is 1120. The first-order chi connectivity index (χ1) is 29.1. The minimum absolute atomic E-state index is 0.0364. The van der Waals surface area contributed by atoms with Gasteiger partial charge in [-0.15, -0.1) is 0 Å². The van der Waals surface area contributed by atoms with E-state index in [1.807, 2.05) is 0 Å². The lowest BCUT2D eigenvalue weighted by Gasteiger charge is -2.34.